The molecule has 0 aliphatic carbocycles. The Bertz CT molecular complexity index is 110. The molecule has 0 amide bonds. The van der Waals surface area contributed by atoms with Crippen molar-refractivity contribution in [2.45, 2.75) is 99.8 Å². The van der Waals surface area contributed by atoms with Crippen molar-refractivity contribution in [3.05, 3.63) is 0 Å². The Kier molecular flexibility index (Phi) is 33.5. The highest BCUT2D eigenvalue weighted by Gasteiger charge is 2.01. The lowest BCUT2D eigenvalue weighted by Crippen LogP contribution is -2.26. The van der Waals surface area contributed by atoms with Gasteiger partial charge in [0.25, 0.3) is 0 Å². The van der Waals surface area contributed by atoms with Crippen molar-refractivity contribution in [2.24, 2.45) is 0 Å². The maximum absolute atomic E-state index is 2.62. The number of hydrogen-bond acceptors (Lipinski definition) is 1. The fraction of sp³-hybridized carbons (Fsp3) is 1.00. The van der Waals surface area contributed by atoms with Crippen LogP contribution in [0.2, 0.25) is 0 Å². The molecule has 0 fully saturated rings. The minimum Gasteiger partial charge on any atom is -0.303 e. The molecular weight excluding hydrogens is 230 g/mol. The normalized spacial score (nSPS) is 9.47. The quantitative estimate of drug-likeness (QED) is 0.432. The van der Waals surface area contributed by atoms with E-state index in [1.54, 1.807) is 0 Å². The number of unbranched alkanes of at least 4 members (excludes halogenated alkanes) is 3. The highest BCUT2D eigenvalue weighted by Crippen LogP contribution is 2.01. The van der Waals surface area contributed by atoms with Crippen LogP contribution in [-0.4, -0.2) is 24.5 Å². The summed E-state index contributed by atoms with van der Waals surface area (Å²) in [7, 11) is 0. The molecule has 0 aliphatic heterocycles. The van der Waals surface area contributed by atoms with Crippen molar-refractivity contribution >= 4 is 0 Å². The Labute approximate surface area is 125 Å². The van der Waals surface area contributed by atoms with Gasteiger partial charge in [-0.15, -0.1) is 0 Å². The largest absolute Gasteiger partial charge is 0.303 e. The second-order valence-corrected chi connectivity index (χ2v) is 5.32. The van der Waals surface area contributed by atoms with Gasteiger partial charge in [-0.2, -0.15) is 0 Å². The van der Waals surface area contributed by atoms with Crippen LogP contribution in [0.4, 0.5) is 0 Å². The topological polar surface area (TPSA) is 3.24 Å². The molecule has 0 N–H and O–H groups in total. The lowest BCUT2D eigenvalue weighted by molar-refractivity contribution is 0.264. The third-order valence-corrected chi connectivity index (χ3v) is 2.45. The van der Waals surface area contributed by atoms with E-state index in [0.29, 0.717) is 0 Å². The van der Waals surface area contributed by atoms with E-state index in [1.165, 1.54) is 71.0 Å². The van der Waals surface area contributed by atoms with E-state index in [4.69, 9.17) is 0 Å². The van der Waals surface area contributed by atoms with Crippen molar-refractivity contribution in [1.29, 1.82) is 0 Å². The van der Waals surface area contributed by atoms with Gasteiger partial charge in [0.05, 0.1) is 0 Å². The van der Waals surface area contributed by atoms with Gasteiger partial charge in [-0.3, -0.25) is 0 Å². The fourth-order valence-electron chi connectivity index (χ4n) is 1.62. The molecule has 1 heteroatoms. The predicted molar refractivity (Wildman–Crippen MR) is 93.1 cm³/mol. The van der Waals surface area contributed by atoms with Gasteiger partial charge in [0, 0.05) is 0 Å². The molecule has 0 heterocycles. The van der Waals surface area contributed by atoms with E-state index in [1.807, 2.05) is 0 Å². The maximum atomic E-state index is 2.62. The summed E-state index contributed by atoms with van der Waals surface area (Å²) in [6, 6.07) is 0. The molecule has 19 heavy (non-hydrogen) atoms. The molecule has 120 valence electrons. The molecule has 0 radical (unpaired) electrons. The molecule has 0 aliphatic rings. The third-order valence-electron chi connectivity index (χ3n) is 2.45. The van der Waals surface area contributed by atoms with Crippen LogP contribution >= 0.6 is 0 Å². The van der Waals surface area contributed by atoms with Gasteiger partial charge in [-0.25, -0.2) is 0 Å². The van der Waals surface area contributed by atoms with E-state index >= 15 is 0 Å². The Morgan fingerprint density at radius 2 is 0.895 bits per heavy atom. The highest BCUT2D eigenvalue weighted by atomic mass is 15.1. The summed E-state index contributed by atoms with van der Waals surface area (Å²) in [5.41, 5.74) is 0. The van der Waals surface area contributed by atoms with E-state index < -0.39 is 0 Å². The molecule has 0 saturated heterocycles. The van der Waals surface area contributed by atoms with E-state index in [2.05, 4.69) is 53.4 Å². The van der Waals surface area contributed by atoms with Gasteiger partial charge in [0.2, 0.25) is 0 Å². The van der Waals surface area contributed by atoms with Crippen molar-refractivity contribution < 1.29 is 0 Å². The summed E-state index contributed by atoms with van der Waals surface area (Å²) < 4.78 is 0. The summed E-state index contributed by atoms with van der Waals surface area (Å²) in [6.45, 7) is 19.3. The molecule has 0 unspecified atom stereocenters. The van der Waals surface area contributed by atoms with Gasteiger partial charge in [0.15, 0.2) is 0 Å². The first-order valence-electron chi connectivity index (χ1n) is 8.90. The standard InChI is InChI=1S/C12H27N.2C3H8/c1-4-7-9-12-13(10-6-3)11-8-5-2;2*1-3-2/h4-12H2,1-3H3;2*3H2,1-2H3. The van der Waals surface area contributed by atoms with Crippen molar-refractivity contribution in [1.82, 2.24) is 4.90 Å². The second-order valence-electron chi connectivity index (χ2n) is 5.32. The molecular formula is C18H43N. The number of nitrogens with zero attached hydrogens (tertiary/aromatic N) is 1. The maximum Gasteiger partial charge on any atom is -0.00187 e. The second kappa shape index (κ2) is 26.5. The zero-order chi connectivity index (χ0) is 15.4. The number of rotatable bonds is 9. The van der Waals surface area contributed by atoms with E-state index in [9.17, 15) is 0 Å². The van der Waals surface area contributed by atoms with Gasteiger partial charge in [-0.1, -0.05) is 80.6 Å². The third kappa shape index (κ3) is 32.0. The van der Waals surface area contributed by atoms with Crippen LogP contribution < -0.4 is 0 Å². The molecule has 0 bridgehead atoms. The molecule has 0 spiro atoms. The lowest BCUT2D eigenvalue weighted by atomic mass is 10.2. The average Bonchev–Trinajstić information content (AvgIpc) is 2.38. The monoisotopic (exact) mass is 273 g/mol. The van der Waals surface area contributed by atoms with Gasteiger partial charge < -0.3 is 4.90 Å². The highest BCUT2D eigenvalue weighted by molar-refractivity contribution is 4.56. The van der Waals surface area contributed by atoms with Crippen LogP contribution in [0.15, 0.2) is 0 Å². The minimum absolute atomic E-state index is 1.25. The minimum atomic E-state index is 1.25. The number of hydrogen-bond donors (Lipinski definition) is 0. The predicted octanol–water partition coefficient (Wildman–Crippen LogP) is 6.52. The summed E-state index contributed by atoms with van der Waals surface area (Å²) in [6.07, 6.45) is 10.6. The van der Waals surface area contributed by atoms with E-state index in [-0.39, 0.29) is 0 Å². The summed E-state index contributed by atoms with van der Waals surface area (Å²) >= 11 is 0. The Morgan fingerprint density at radius 1 is 0.474 bits per heavy atom. The van der Waals surface area contributed by atoms with Crippen LogP contribution in [0.3, 0.4) is 0 Å². The van der Waals surface area contributed by atoms with Crippen LogP contribution in [0.5, 0.6) is 0 Å². The fourth-order valence-corrected chi connectivity index (χ4v) is 1.62. The van der Waals surface area contributed by atoms with Gasteiger partial charge >= 0.3 is 0 Å². The summed E-state index contributed by atoms with van der Waals surface area (Å²) in [5.74, 6) is 0. The Balaban J connectivity index is -0.000000360. The van der Waals surface area contributed by atoms with Crippen LogP contribution in [0.25, 0.3) is 0 Å². The lowest BCUT2D eigenvalue weighted by Gasteiger charge is -2.21. The summed E-state index contributed by atoms with van der Waals surface area (Å²) in [5, 5.41) is 0. The molecule has 0 atom stereocenters. The van der Waals surface area contributed by atoms with Crippen LogP contribution in [-0.2, 0) is 0 Å². The molecule has 0 saturated carbocycles. The summed E-state index contributed by atoms with van der Waals surface area (Å²) in [4.78, 5) is 2.62. The Morgan fingerprint density at radius 3 is 1.26 bits per heavy atom. The average molecular weight is 274 g/mol. The van der Waals surface area contributed by atoms with Crippen molar-refractivity contribution in [3.8, 4) is 0 Å². The molecule has 0 aromatic rings. The van der Waals surface area contributed by atoms with Gasteiger partial charge in [-0.05, 0) is 38.9 Å². The zero-order valence-corrected chi connectivity index (χ0v) is 15.2. The van der Waals surface area contributed by atoms with Crippen LogP contribution in [0.1, 0.15) is 99.8 Å². The SMILES string of the molecule is CCC.CCC.CCCCCN(CCC)CCCC. The molecule has 1 nitrogen and oxygen atoms in total. The first-order valence-corrected chi connectivity index (χ1v) is 8.90. The van der Waals surface area contributed by atoms with Crippen molar-refractivity contribution in [2.75, 3.05) is 19.6 Å². The molecule has 0 aromatic heterocycles. The van der Waals surface area contributed by atoms with Crippen LogP contribution in [0, 0.1) is 0 Å². The van der Waals surface area contributed by atoms with Crippen molar-refractivity contribution in [3.63, 3.8) is 0 Å². The first kappa shape index (κ1) is 24.0. The van der Waals surface area contributed by atoms with Gasteiger partial charge in [0.1, 0.15) is 0 Å². The molecule has 0 rings (SSSR count). The zero-order valence-electron chi connectivity index (χ0n) is 15.2. The first-order chi connectivity index (χ1) is 9.17. The Hall–Kier alpha value is -0.0400. The molecule has 0 aromatic carbocycles. The van der Waals surface area contributed by atoms with E-state index in [0.717, 1.165) is 0 Å². The smallest absolute Gasteiger partial charge is 0.00187 e.